The normalized spacial score (nSPS) is 18.6. The molecule has 0 amide bonds. The Kier molecular flexibility index (Phi) is 4.10. The van der Waals surface area contributed by atoms with Crippen LogP contribution in [0.5, 0.6) is 0 Å². The van der Waals surface area contributed by atoms with E-state index in [1.807, 2.05) is 0 Å². The van der Waals surface area contributed by atoms with Crippen LogP contribution in [-0.2, 0) is 10.0 Å². The Hall–Kier alpha value is -1.14. The zero-order valence-electron chi connectivity index (χ0n) is 11.2. The summed E-state index contributed by atoms with van der Waals surface area (Å²) in [6.07, 6.45) is 7.04. The molecule has 2 rings (SSSR count). The maximum atomic E-state index is 12.2. The van der Waals surface area contributed by atoms with Crippen molar-refractivity contribution in [2.75, 3.05) is 12.3 Å². The number of nitrogens with one attached hydrogen (secondary N) is 1. The zero-order valence-corrected chi connectivity index (χ0v) is 12.0. The van der Waals surface area contributed by atoms with Gasteiger partial charge in [-0.15, -0.1) is 0 Å². The summed E-state index contributed by atoms with van der Waals surface area (Å²) >= 11 is 0. The molecule has 1 aromatic rings. The van der Waals surface area contributed by atoms with Crippen molar-refractivity contribution in [1.82, 2.24) is 9.71 Å². The van der Waals surface area contributed by atoms with Crippen LogP contribution in [0.25, 0.3) is 0 Å². The van der Waals surface area contributed by atoms with Crippen LogP contribution in [0.2, 0.25) is 0 Å². The molecule has 0 spiro atoms. The van der Waals surface area contributed by atoms with Crippen LogP contribution in [0.4, 0.5) is 5.82 Å². The molecule has 0 atom stereocenters. The predicted octanol–water partition coefficient (Wildman–Crippen LogP) is 1.91. The van der Waals surface area contributed by atoms with Gasteiger partial charge in [-0.25, -0.2) is 18.1 Å². The number of anilines is 1. The fourth-order valence-corrected chi connectivity index (χ4v) is 3.97. The molecule has 1 aliphatic carbocycles. The number of nitrogens with two attached hydrogens (primary N) is 1. The summed E-state index contributed by atoms with van der Waals surface area (Å²) in [5.74, 6) is 0.0481. The SMILES string of the molecule is CCC1(CNS(=O)(=O)c2cccnc2N)CCCC1. The van der Waals surface area contributed by atoms with Gasteiger partial charge < -0.3 is 5.73 Å². The van der Waals surface area contributed by atoms with Crippen LogP contribution < -0.4 is 10.5 Å². The quantitative estimate of drug-likeness (QED) is 0.864. The van der Waals surface area contributed by atoms with Gasteiger partial charge in [0.05, 0.1) is 0 Å². The first kappa shape index (κ1) is 14.3. The molecule has 5 nitrogen and oxygen atoms in total. The third kappa shape index (κ3) is 3.06. The number of pyridine rings is 1. The van der Waals surface area contributed by atoms with E-state index in [-0.39, 0.29) is 16.1 Å². The molecule has 0 unspecified atom stereocenters. The highest BCUT2D eigenvalue weighted by molar-refractivity contribution is 7.89. The van der Waals surface area contributed by atoms with Crippen molar-refractivity contribution in [3.8, 4) is 0 Å². The zero-order chi connectivity index (χ0) is 13.9. The van der Waals surface area contributed by atoms with E-state index in [2.05, 4.69) is 16.6 Å². The average Bonchev–Trinajstić information content (AvgIpc) is 2.86. The Labute approximate surface area is 114 Å². The Balaban J connectivity index is 2.12. The number of nitrogen functional groups attached to an aromatic ring is 1. The molecule has 106 valence electrons. The third-order valence-corrected chi connectivity index (χ3v) is 5.59. The van der Waals surface area contributed by atoms with Crippen LogP contribution in [0, 0.1) is 5.41 Å². The summed E-state index contributed by atoms with van der Waals surface area (Å²) < 4.78 is 27.2. The molecule has 19 heavy (non-hydrogen) atoms. The van der Waals surface area contributed by atoms with Gasteiger partial charge in [0.2, 0.25) is 10.0 Å². The van der Waals surface area contributed by atoms with Gasteiger partial charge in [0.1, 0.15) is 10.7 Å². The molecule has 1 fully saturated rings. The third-order valence-electron chi connectivity index (χ3n) is 4.14. The van der Waals surface area contributed by atoms with Gasteiger partial charge in [0.25, 0.3) is 0 Å². The topological polar surface area (TPSA) is 85.1 Å². The number of aromatic nitrogens is 1. The molecule has 1 aliphatic rings. The van der Waals surface area contributed by atoms with E-state index in [1.54, 1.807) is 6.07 Å². The molecule has 1 heterocycles. The van der Waals surface area contributed by atoms with Crippen LogP contribution in [0.15, 0.2) is 23.2 Å². The lowest BCUT2D eigenvalue weighted by molar-refractivity contribution is 0.285. The van der Waals surface area contributed by atoms with Crippen molar-refractivity contribution in [3.05, 3.63) is 18.3 Å². The number of hydrogen-bond donors (Lipinski definition) is 2. The number of rotatable bonds is 5. The lowest BCUT2D eigenvalue weighted by atomic mass is 9.84. The van der Waals surface area contributed by atoms with Gasteiger partial charge in [0, 0.05) is 12.7 Å². The molecule has 0 bridgehead atoms. The minimum atomic E-state index is -3.56. The van der Waals surface area contributed by atoms with Crippen molar-refractivity contribution in [2.45, 2.75) is 43.9 Å². The molecule has 0 aromatic carbocycles. The second-order valence-electron chi connectivity index (χ2n) is 5.27. The van der Waals surface area contributed by atoms with E-state index in [0.717, 1.165) is 19.3 Å². The molecule has 0 saturated heterocycles. The summed E-state index contributed by atoms with van der Waals surface area (Å²) in [5.41, 5.74) is 5.74. The van der Waals surface area contributed by atoms with E-state index in [1.165, 1.54) is 25.1 Å². The first-order valence-electron chi connectivity index (χ1n) is 6.69. The molecular weight excluding hydrogens is 262 g/mol. The van der Waals surface area contributed by atoms with Crippen molar-refractivity contribution in [1.29, 1.82) is 0 Å². The highest BCUT2D eigenvalue weighted by Gasteiger charge is 2.33. The molecular formula is C13H21N3O2S. The lowest BCUT2D eigenvalue weighted by Crippen LogP contribution is -2.36. The van der Waals surface area contributed by atoms with Crippen LogP contribution in [-0.4, -0.2) is 19.9 Å². The summed E-state index contributed by atoms with van der Waals surface area (Å²) in [5, 5.41) is 0. The fraction of sp³-hybridized carbons (Fsp3) is 0.615. The maximum absolute atomic E-state index is 12.2. The van der Waals surface area contributed by atoms with Crippen molar-refractivity contribution >= 4 is 15.8 Å². The first-order valence-corrected chi connectivity index (χ1v) is 8.18. The van der Waals surface area contributed by atoms with E-state index < -0.39 is 10.0 Å². The van der Waals surface area contributed by atoms with Crippen molar-refractivity contribution in [2.24, 2.45) is 5.41 Å². The molecule has 1 saturated carbocycles. The Morgan fingerprint density at radius 1 is 1.42 bits per heavy atom. The van der Waals surface area contributed by atoms with Crippen LogP contribution >= 0.6 is 0 Å². The van der Waals surface area contributed by atoms with E-state index in [9.17, 15) is 8.42 Å². The molecule has 0 radical (unpaired) electrons. The fourth-order valence-electron chi connectivity index (χ4n) is 2.74. The minimum Gasteiger partial charge on any atom is -0.383 e. The molecule has 0 aliphatic heterocycles. The summed E-state index contributed by atoms with van der Waals surface area (Å²) in [6.45, 7) is 2.61. The van der Waals surface area contributed by atoms with E-state index in [0.29, 0.717) is 6.54 Å². The summed E-state index contributed by atoms with van der Waals surface area (Å²) in [4.78, 5) is 3.89. The predicted molar refractivity (Wildman–Crippen MR) is 75.0 cm³/mol. The number of sulfonamides is 1. The smallest absolute Gasteiger partial charge is 0.244 e. The summed E-state index contributed by atoms with van der Waals surface area (Å²) in [6, 6.07) is 3.06. The highest BCUT2D eigenvalue weighted by Crippen LogP contribution is 2.40. The van der Waals surface area contributed by atoms with Gasteiger partial charge in [0.15, 0.2) is 0 Å². The van der Waals surface area contributed by atoms with E-state index >= 15 is 0 Å². The lowest BCUT2D eigenvalue weighted by Gasteiger charge is -2.27. The number of hydrogen-bond acceptors (Lipinski definition) is 4. The monoisotopic (exact) mass is 283 g/mol. The van der Waals surface area contributed by atoms with Crippen LogP contribution in [0.3, 0.4) is 0 Å². The van der Waals surface area contributed by atoms with Gasteiger partial charge >= 0.3 is 0 Å². The second kappa shape index (κ2) is 5.46. The van der Waals surface area contributed by atoms with Gasteiger partial charge in [-0.2, -0.15) is 0 Å². The van der Waals surface area contributed by atoms with Crippen molar-refractivity contribution in [3.63, 3.8) is 0 Å². The Bertz CT molecular complexity index is 537. The number of nitrogens with zero attached hydrogens (tertiary/aromatic N) is 1. The van der Waals surface area contributed by atoms with Crippen LogP contribution in [0.1, 0.15) is 39.0 Å². The summed E-state index contributed by atoms with van der Waals surface area (Å²) in [7, 11) is -3.56. The minimum absolute atomic E-state index is 0.0481. The van der Waals surface area contributed by atoms with E-state index in [4.69, 9.17) is 5.73 Å². The van der Waals surface area contributed by atoms with Gasteiger partial charge in [-0.1, -0.05) is 19.8 Å². The Morgan fingerprint density at radius 3 is 2.68 bits per heavy atom. The standard InChI is InChI=1S/C13H21N3O2S/c1-2-13(7-3-4-8-13)10-16-19(17,18)11-6-5-9-15-12(11)14/h5-6,9,16H,2-4,7-8,10H2,1H3,(H2,14,15). The highest BCUT2D eigenvalue weighted by atomic mass is 32.2. The maximum Gasteiger partial charge on any atom is 0.244 e. The molecule has 3 N–H and O–H groups in total. The Morgan fingerprint density at radius 2 is 2.11 bits per heavy atom. The largest absolute Gasteiger partial charge is 0.383 e. The molecule has 1 aromatic heterocycles. The van der Waals surface area contributed by atoms with Crippen molar-refractivity contribution < 1.29 is 8.42 Å². The van der Waals surface area contributed by atoms with Gasteiger partial charge in [-0.05, 0) is 36.8 Å². The first-order chi connectivity index (χ1) is 8.99. The van der Waals surface area contributed by atoms with Gasteiger partial charge in [-0.3, -0.25) is 0 Å². The molecule has 6 heteroatoms. The second-order valence-corrected chi connectivity index (χ2v) is 7.01. The average molecular weight is 283 g/mol.